The highest BCUT2D eigenvalue weighted by Crippen LogP contribution is 2.28. The Balaban J connectivity index is 2.03. The van der Waals surface area contributed by atoms with Crippen LogP contribution in [0.3, 0.4) is 0 Å². The highest BCUT2D eigenvalue weighted by Gasteiger charge is 2.47. The maximum absolute atomic E-state index is 13.0. The predicted octanol–water partition coefficient (Wildman–Crippen LogP) is 1.75. The van der Waals surface area contributed by atoms with E-state index in [0.29, 0.717) is 11.3 Å². The summed E-state index contributed by atoms with van der Waals surface area (Å²) in [5, 5.41) is 14.4. The van der Waals surface area contributed by atoms with Gasteiger partial charge < -0.3 is 20.5 Å². The van der Waals surface area contributed by atoms with Crippen LogP contribution in [0.4, 0.5) is 14.9 Å². The highest BCUT2D eigenvalue weighted by molar-refractivity contribution is 5.91. The van der Waals surface area contributed by atoms with Crippen molar-refractivity contribution in [1.29, 1.82) is 0 Å². The molecule has 0 saturated carbocycles. The number of urea groups is 1. The van der Waals surface area contributed by atoms with Crippen LogP contribution in [-0.4, -0.2) is 36.4 Å². The van der Waals surface area contributed by atoms with E-state index in [4.69, 9.17) is 4.74 Å². The van der Waals surface area contributed by atoms with Crippen molar-refractivity contribution in [3.63, 3.8) is 0 Å². The van der Waals surface area contributed by atoms with E-state index >= 15 is 0 Å². The van der Waals surface area contributed by atoms with Crippen molar-refractivity contribution in [2.45, 2.75) is 19.9 Å². The van der Waals surface area contributed by atoms with Gasteiger partial charge in [0.15, 0.2) is 0 Å². The molecular weight excluding hydrogens is 279 g/mol. The molecule has 1 aliphatic heterocycles. The zero-order chi connectivity index (χ0) is 15.6. The van der Waals surface area contributed by atoms with Crippen LogP contribution in [0.2, 0.25) is 0 Å². The minimum absolute atomic E-state index is 0.0445. The van der Waals surface area contributed by atoms with Crippen molar-refractivity contribution in [2.24, 2.45) is 5.41 Å². The number of nitrogens with one attached hydrogen (secondary N) is 2. The van der Waals surface area contributed by atoms with Crippen LogP contribution in [0.5, 0.6) is 0 Å². The Morgan fingerprint density at radius 2 is 2.19 bits per heavy atom. The number of carboxylic acid groups (broad SMARTS) is 1. The van der Waals surface area contributed by atoms with Crippen molar-refractivity contribution in [3.8, 4) is 0 Å². The summed E-state index contributed by atoms with van der Waals surface area (Å²) in [6, 6.07) is 2.81. The summed E-state index contributed by atoms with van der Waals surface area (Å²) in [6.45, 7) is 3.37. The lowest BCUT2D eigenvalue weighted by molar-refractivity contribution is -0.148. The number of aryl methyl sites for hydroxylation is 1. The Bertz CT molecular complexity index is 578. The first-order chi connectivity index (χ1) is 9.83. The Hall–Kier alpha value is -2.15. The lowest BCUT2D eigenvalue weighted by atomic mass is 9.85. The molecule has 6 nitrogen and oxygen atoms in total. The molecule has 21 heavy (non-hydrogen) atoms. The lowest BCUT2D eigenvalue weighted by Gasteiger charge is -2.25. The number of hydrogen-bond acceptors (Lipinski definition) is 3. The molecule has 0 radical (unpaired) electrons. The van der Waals surface area contributed by atoms with Crippen LogP contribution in [-0.2, 0) is 9.53 Å². The normalized spacial score (nSPS) is 24.6. The van der Waals surface area contributed by atoms with Crippen molar-refractivity contribution < 1.29 is 23.8 Å². The molecule has 2 amide bonds. The molecule has 1 aromatic rings. The molecule has 2 atom stereocenters. The Morgan fingerprint density at radius 1 is 1.48 bits per heavy atom. The van der Waals surface area contributed by atoms with E-state index in [1.54, 1.807) is 6.92 Å². The number of carbonyl (C=O) groups excluding carboxylic acids is 1. The largest absolute Gasteiger partial charge is 0.481 e. The first-order valence-electron chi connectivity index (χ1n) is 6.48. The monoisotopic (exact) mass is 296 g/mol. The molecule has 1 saturated heterocycles. The molecule has 7 heteroatoms. The van der Waals surface area contributed by atoms with Gasteiger partial charge in [0.05, 0.1) is 19.3 Å². The number of benzene rings is 1. The molecule has 0 spiro atoms. The predicted molar refractivity (Wildman–Crippen MR) is 73.6 cm³/mol. The highest BCUT2D eigenvalue weighted by atomic mass is 19.1. The fourth-order valence-electron chi connectivity index (χ4n) is 2.17. The summed E-state index contributed by atoms with van der Waals surface area (Å²) >= 11 is 0. The molecule has 2 unspecified atom stereocenters. The third-order valence-electron chi connectivity index (χ3n) is 3.69. The smallest absolute Gasteiger partial charge is 0.319 e. The molecule has 114 valence electrons. The molecule has 1 fully saturated rings. The minimum Gasteiger partial charge on any atom is -0.481 e. The number of carboxylic acids is 1. The topological polar surface area (TPSA) is 87.7 Å². The molecule has 1 aromatic carbocycles. The summed E-state index contributed by atoms with van der Waals surface area (Å²) in [6.07, 6.45) is 0. The fourth-order valence-corrected chi connectivity index (χ4v) is 2.17. The summed E-state index contributed by atoms with van der Waals surface area (Å²) in [7, 11) is 0. The minimum atomic E-state index is -1.16. The van der Waals surface area contributed by atoms with Crippen LogP contribution in [0, 0.1) is 18.2 Å². The standard InChI is InChI=1S/C14H17FN2O4/c1-8-5-9(15)3-4-10(8)16-13(20)17-11-6-21-7-14(11,2)12(18)19/h3-5,11H,6-7H2,1-2H3,(H,18,19)(H2,16,17,20). The molecule has 0 aromatic heterocycles. The molecular formula is C14H17FN2O4. The summed E-state index contributed by atoms with van der Waals surface area (Å²) in [5.74, 6) is -1.41. The van der Waals surface area contributed by atoms with E-state index in [9.17, 15) is 19.1 Å². The zero-order valence-electron chi connectivity index (χ0n) is 11.8. The first-order valence-corrected chi connectivity index (χ1v) is 6.48. The molecule has 0 aliphatic carbocycles. The fraction of sp³-hybridized carbons (Fsp3) is 0.429. The number of carbonyl (C=O) groups is 2. The van der Waals surface area contributed by atoms with Gasteiger partial charge in [-0.25, -0.2) is 9.18 Å². The number of rotatable bonds is 3. The van der Waals surface area contributed by atoms with Gasteiger partial charge in [-0.2, -0.15) is 0 Å². The second-order valence-electron chi connectivity index (χ2n) is 5.35. The number of aliphatic carboxylic acids is 1. The van der Waals surface area contributed by atoms with Gasteiger partial charge in [-0.15, -0.1) is 0 Å². The van der Waals surface area contributed by atoms with E-state index in [2.05, 4.69) is 10.6 Å². The van der Waals surface area contributed by atoms with E-state index < -0.39 is 23.5 Å². The third-order valence-corrected chi connectivity index (χ3v) is 3.69. The van der Waals surface area contributed by atoms with E-state index in [1.807, 2.05) is 0 Å². The molecule has 1 heterocycles. The SMILES string of the molecule is Cc1cc(F)ccc1NC(=O)NC1COCC1(C)C(=O)O. The second-order valence-corrected chi connectivity index (χ2v) is 5.35. The number of ether oxygens (including phenoxy) is 1. The number of hydrogen-bond donors (Lipinski definition) is 3. The summed E-state index contributed by atoms with van der Waals surface area (Å²) in [4.78, 5) is 23.2. The van der Waals surface area contributed by atoms with Crippen LogP contribution in [0.1, 0.15) is 12.5 Å². The Morgan fingerprint density at radius 3 is 2.81 bits per heavy atom. The Kier molecular flexibility index (Phi) is 4.13. The molecule has 1 aliphatic rings. The van der Waals surface area contributed by atoms with Gasteiger partial charge in [-0.3, -0.25) is 4.79 Å². The Labute approximate surface area is 121 Å². The van der Waals surface area contributed by atoms with Crippen LogP contribution < -0.4 is 10.6 Å². The molecule has 3 N–H and O–H groups in total. The van der Waals surface area contributed by atoms with Crippen molar-refractivity contribution in [2.75, 3.05) is 18.5 Å². The summed E-state index contributed by atoms with van der Waals surface area (Å²) < 4.78 is 18.1. The molecule has 2 rings (SSSR count). The lowest BCUT2D eigenvalue weighted by Crippen LogP contribution is -2.50. The van der Waals surface area contributed by atoms with Crippen LogP contribution >= 0.6 is 0 Å². The quantitative estimate of drug-likeness (QED) is 0.793. The average molecular weight is 296 g/mol. The van der Waals surface area contributed by atoms with Crippen molar-refractivity contribution >= 4 is 17.7 Å². The average Bonchev–Trinajstić information content (AvgIpc) is 2.76. The van der Waals surface area contributed by atoms with Gasteiger partial charge in [0.1, 0.15) is 11.2 Å². The van der Waals surface area contributed by atoms with Gasteiger partial charge in [-0.1, -0.05) is 0 Å². The maximum Gasteiger partial charge on any atom is 0.319 e. The van der Waals surface area contributed by atoms with Crippen LogP contribution in [0.15, 0.2) is 18.2 Å². The number of halogens is 1. The van der Waals surface area contributed by atoms with Gasteiger partial charge in [0, 0.05) is 5.69 Å². The van der Waals surface area contributed by atoms with Gasteiger partial charge >= 0.3 is 12.0 Å². The van der Waals surface area contributed by atoms with E-state index in [0.717, 1.165) is 0 Å². The number of anilines is 1. The van der Waals surface area contributed by atoms with Gasteiger partial charge in [0.25, 0.3) is 0 Å². The van der Waals surface area contributed by atoms with Gasteiger partial charge in [-0.05, 0) is 37.6 Å². The second kappa shape index (κ2) is 5.69. The zero-order valence-corrected chi connectivity index (χ0v) is 11.8. The van der Waals surface area contributed by atoms with Crippen molar-refractivity contribution in [3.05, 3.63) is 29.6 Å². The van der Waals surface area contributed by atoms with E-state index in [-0.39, 0.29) is 19.0 Å². The maximum atomic E-state index is 13.0. The van der Waals surface area contributed by atoms with Gasteiger partial charge in [0.2, 0.25) is 0 Å². The number of amides is 2. The van der Waals surface area contributed by atoms with Crippen LogP contribution in [0.25, 0.3) is 0 Å². The third kappa shape index (κ3) is 3.13. The summed E-state index contributed by atoms with van der Waals surface area (Å²) in [5.41, 5.74) is -0.117. The first kappa shape index (κ1) is 15.2. The molecule has 0 bridgehead atoms. The van der Waals surface area contributed by atoms with Crippen molar-refractivity contribution in [1.82, 2.24) is 5.32 Å². The van der Waals surface area contributed by atoms with E-state index in [1.165, 1.54) is 25.1 Å².